The smallest absolute Gasteiger partial charge is 0.00720 e. The van der Waals surface area contributed by atoms with Gasteiger partial charge in [0.25, 0.3) is 0 Å². The van der Waals surface area contributed by atoms with E-state index in [4.69, 9.17) is 0 Å². The Bertz CT molecular complexity index is 343. The van der Waals surface area contributed by atoms with Gasteiger partial charge in [-0.3, -0.25) is 0 Å². The number of thioether (sulfide) groups is 1. The second-order valence-electron chi connectivity index (χ2n) is 4.71. The monoisotopic (exact) mass is 235 g/mol. The summed E-state index contributed by atoms with van der Waals surface area (Å²) in [5, 5.41) is 3.50. The zero-order chi connectivity index (χ0) is 11.4. The summed E-state index contributed by atoms with van der Waals surface area (Å²) in [7, 11) is 0. The van der Waals surface area contributed by atoms with Crippen LogP contribution in [0.25, 0.3) is 0 Å². The molecule has 1 nitrogen and oxygen atoms in total. The lowest BCUT2D eigenvalue weighted by Gasteiger charge is -2.23. The summed E-state index contributed by atoms with van der Waals surface area (Å²) in [4.78, 5) is 1.39. The van der Waals surface area contributed by atoms with Crippen molar-refractivity contribution in [1.29, 1.82) is 0 Å². The van der Waals surface area contributed by atoms with Crippen LogP contribution in [0.4, 0.5) is 0 Å². The number of hydrogen-bond donors (Lipinski definition) is 1. The van der Waals surface area contributed by atoms with Gasteiger partial charge in [-0.1, -0.05) is 6.07 Å². The molecule has 2 rings (SSSR count). The molecule has 1 atom stereocenters. The Hall–Kier alpha value is -0.470. The Morgan fingerprint density at radius 2 is 2.31 bits per heavy atom. The maximum absolute atomic E-state index is 3.50. The lowest BCUT2D eigenvalue weighted by molar-refractivity contribution is 0.375. The number of aryl methyl sites for hydroxylation is 1. The quantitative estimate of drug-likeness (QED) is 0.807. The van der Waals surface area contributed by atoms with Gasteiger partial charge in [-0.2, -0.15) is 0 Å². The van der Waals surface area contributed by atoms with E-state index in [1.807, 2.05) is 11.8 Å². The molecule has 16 heavy (non-hydrogen) atoms. The van der Waals surface area contributed by atoms with Crippen LogP contribution < -0.4 is 5.32 Å². The number of benzene rings is 1. The molecule has 0 saturated carbocycles. The van der Waals surface area contributed by atoms with E-state index in [1.54, 1.807) is 5.56 Å². The standard InChI is InChI=1S/C14H21NS/c1-11-5-6-14(16-2)9-13(11)8-12-4-3-7-15-10-12/h5-6,9,12,15H,3-4,7-8,10H2,1-2H3. The van der Waals surface area contributed by atoms with Gasteiger partial charge in [0, 0.05) is 4.90 Å². The van der Waals surface area contributed by atoms with Crippen LogP contribution in [0.5, 0.6) is 0 Å². The molecule has 0 amide bonds. The molecule has 0 aromatic heterocycles. The molecule has 0 bridgehead atoms. The molecule has 1 aliphatic rings. The van der Waals surface area contributed by atoms with Crippen LogP contribution in [0, 0.1) is 12.8 Å². The fourth-order valence-corrected chi connectivity index (χ4v) is 2.87. The van der Waals surface area contributed by atoms with E-state index in [0.29, 0.717) is 0 Å². The molecule has 1 aromatic rings. The zero-order valence-electron chi connectivity index (χ0n) is 10.3. The van der Waals surface area contributed by atoms with Crippen molar-refractivity contribution in [3.63, 3.8) is 0 Å². The van der Waals surface area contributed by atoms with Crippen LogP contribution in [-0.2, 0) is 6.42 Å². The molecular formula is C14H21NS. The normalized spacial score (nSPS) is 21.0. The van der Waals surface area contributed by atoms with Crippen molar-refractivity contribution in [2.75, 3.05) is 19.3 Å². The molecule has 1 aromatic carbocycles. The minimum absolute atomic E-state index is 0.838. The van der Waals surface area contributed by atoms with E-state index in [2.05, 4.69) is 36.7 Å². The van der Waals surface area contributed by atoms with Crippen molar-refractivity contribution in [3.05, 3.63) is 29.3 Å². The highest BCUT2D eigenvalue weighted by molar-refractivity contribution is 7.98. The van der Waals surface area contributed by atoms with E-state index in [0.717, 1.165) is 5.92 Å². The predicted molar refractivity (Wildman–Crippen MR) is 72.3 cm³/mol. The first-order chi connectivity index (χ1) is 7.79. The van der Waals surface area contributed by atoms with Crippen LogP contribution >= 0.6 is 11.8 Å². The summed E-state index contributed by atoms with van der Waals surface area (Å²) in [6, 6.07) is 6.86. The van der Waals surface area contributed by atoms with Gasteiger partial charge in [-0.25, -0.2) is 0 Å². The molecule has 2 heteroatoms. The first-order valence-electron chi connectivity index (χ1n) is 6.14. The first-order valence-corrected chi connectivity index (χ1v) is 7.36. The van der Waals surface area contributed by atoms with Gasteiger partial charge in [0.15, 0.2) is 0 Å². The maximum Gasteiger partial charge on any atom is 0.00720 e. The van der Waals surface area contributed by atoms with Gasteiger partial charge >= 0.3 is 0 Å². The first kappa shape index (κ1) is 12.0. The van der Waals surface area contributed by atoms with Crippen molar-refractivity contribution >= 4 is 11.8 Å². The molecule has 1 fully saturated rings. The van der Waals surface area contributed by atoms with Crippen molar-refractivity contribution in [1.82, 2.24) is 5.32 Å². The molecule has 88 valence electrons. The van der Waals surface area contributed by atoms with E-state index in [1.165, 1.54) is 42.8 Å². The Morgan fingerprint density at radius 3 is 3.00 bits per heavy atom. The van der Waals surface area contributed by atoms with Crippen molar-refractivity contribution in [2.45, 2.75) is 31.1 Å². The largest absolute Gasteiger partial charge is 0.316 e. The van der Waals surface area contributed by atoms with E-state index < -0.39 is 0 Å². The minimum atomic E-state index is 0.838. The number of rotatable bonds is 3. The Balaban J connectivity index is 2.06. The lowest BCUT2D eigenvalue weighted by atomic mass is 9.90. The third-order valence-electron chi connectivity index (χ3n) is 3.46. The van der Waals surface area contributed by atoms with Crippen molar-refractivity contribution in [3.8, 4) is 0 Å². The van der Waals surface area contributed by atoms with E-state index >= 15 is 0 Å². The summed E-state index contributed by atoms with van der Waals surface area (Å²) in [5.74, 6) is 0.838. The summed E-state index contributed by atoms with van der Waals surface area (Å²) >= 11 is 1.84. The number of hydrogen-bond acceptors (Lipinski definition) is 2. The van der Waals surface area contributed by atoms with Crippen LogP contribution in [-0.4, -0.2) is 19.3 Å². The number of nitrogens with one attached hydrogen (secondary N) is 1. The lowest BCUT2D eigenvalue weighted by Crippen LogP contribution is -2.30. The maximum atomic E-state index is 3.50. The summed E-state index contributed by atoms with van der Waals surface area (Å²) in [5.41, 5.74) is 2.99. The van der Waals surface area contributed by atoms with Gasteiger partial charge in [0.05, 0.1) is 0 Å². The summed E-state index contributed by atoms with van der Waals surface area (Å²) < 4.78 is 0. The molecule has 1 unspecified atom stereocenters. The van der Waals surface area contributed by atoms with Gasteiger partial charge in [0.1, 0.15) is 0 Å². The molecule has 1 heterocycles. The SMILES string of the molecule is CSc1ccc(C)c(CC2CCCNC2)c1. The van der Waals surface area contributed by atoms with Gasteiger partial charge in [-0.05, 0) is 74.7 Å². The third-order valence-corrected chi connectivity index (χ3v) is 4.19. The molecule has 1 N–H and O–H groups in total. The van der Waals surface area contributed by atoms with Crippen molar-refractivity contribution in [2.24, 2.45) is 5.92 Å². The highest BCUT2D eigenvalue weighted by Gasteiger charge is 2.14. The Labute approximate surface area is 103 Å². The van der Waals surface area contributed by atoms with Crippen LogP contribution in [0.1, 0.15) is 24.0 Å². The second-order valence-corrected chi connectivity index (χ2v) is 5.59. The molecule has 0 spiro atoms. The van der Waals surface area contributed by atoms with E-state index in [-0.39, 0.29) is 0 Å². The summed E-state index contributed by atoms with van der Waals surface area (Å²) in [6.07, 6.45) is 6.12. The van der Waals surface area contributed by atoms with Crippen molar-refractivity contribution < 1.29 is 0 Å². The Kier molecular flexibility index (Phi) is 4.30. The molecule has 1 saturated heterocycles. The topological polar surface area (TPSA) is 12.0 Å². The number of piperidine rings is 1. The molecule has 1 aliphatic heterocycles. The van der Waals surface area contributed by atoms with Gasteiger partial charge in [-0.15, -0.1) is 11.8 Å². The minimum Gasteiger partial charge on any atom is -0.316 e. The highest BCUT2D eigenvalue weighted by atomic mass is 32.2. The fraction of sp³-hybridized carbons (Fsp3) is 0.571. The predicted octanol–water partition coefficient (Wildman–Crippen LogP) is 3.26. The average Bonchev–Trinajstić information content (AvgIpc) is 2.33. The Morgan fingerprint density at radius 1 is 1.44 bits per heavy atom. The summed E-state index contributed by atoms with van der Waals surface area (Å²) in [6.45, 7) is 4.64. The zero-order valence-corrected chi connectivity index (χ0v) is 11.1. The molecule has 0 aliphatic carbocycles. The second kappa shape index (κ2) is 5.74. The third kappa shape index (κ3) is 3.02. The average molecular weight is 235 g/mol. The molecule has 0 radical (unpaired) electrons. The molecular weight excluding hydrogens is 214 g/mol. The van der Waals surface area contributed by atoms with Crippen LogP contribution in [0.15, 0.2) is 23.1 Å². The van der Waals surface area contributed by atoms with Gasteiger partial charge in [0.2, 0.25) is 0 Å². The van der Waals surface area contributed by atoms with E-state index in [9.17, 15) is 0 Å². The fourth-order valence-electron chi connectivity index (χ4n) is 2.40. The van der Waals surface area contributed by atoms with Crippen LogP contribution in [0.3, 0.4) is 0 Å². The van der Waals surface area contributed by atoms with Gasteiger partial charge < -0.3 is 5.32 Å². The highest BCUT2D eigenvalue weighted by Crippen LogP contribution is 2.23. The van der Waals surface area contributed by atoms with Crippen LogP contribution in [0.2, 0.25) is 0 Å².